The zero-order chi connectivity index (χ0) is 18.4. The van der Waals surface area contributed by atoms with Crippen molar-refractivity contribution >= 4 is 29.1 Å². The van der Waals surface area contributed by atoms with E-state index in [0.29, 0.717) is 22.7 Å². The van der Waals surface area contributed by atoms with E-state index in [0.717, 1.165) is 0 Å². The predicted molar refractivity (Wildman–Crippen MR) is 97.2 cm³/mol. The van der Waals surface area contributed by atoms with E-state index in [4.69, 9.17) is 11.6 Å². The number of halogens is 2. The van der Waals surface area contributed by atoms with Crippen LogP contribution in [-0.2, 0) is 4.79 Å². The third-order valence-corrected chi connectivity index (χ3v) is 3.80. The number of carbonyl (C=O) groups excluding carboxylic acids is 2. The van der Waals surface area contributed by atoms with E-state index < -0.39 is 6.04 Å². The van der Waals surface area contributed by atoms with Crippen LogP contribution >= 0.6 is 11.6 Å². The minimum absolute atomic E-state index is 0.203. The molecule has 0 fully saturated rings. The molecule has 0 aliphatic heterocycles. The Morgan fingerprint density at radius 2 is 1.64 bits per heavy atom. The Bertz CT molecular complexity index is 730. The molecule has 0 saturated carbocycles. The largest absolute Gasteiger partial charge is 0.340 e. The Labute approximate surface area is 151 Å². The highest BCUT2D eigenvalue weighted by atomic mass is 35.5. The molecule has 0 spiro atoms. The molecule has 6 heteroatoms. The van der Waals surface area contributed by atoms with Gasteiger partial charge in [-0.1, -0.05) is 25.4 Å². The summed E-state index contributed by atoms with van der Waals surface area (Å²) in [5.41, 5.74) is 0.897. The van der Waals surface area contributed by atoms with E-state index >= 15 is 0 Å². The number of carbonyl (C=O) groups is 2. The first-order valence-electron chi connectivity index (χ1n) is 7.98. The van der Waals surface area contributed by atoms with Crippen molar-refractivity contribution < 1.29 is 14.0 Å². The average molecular weight is 363 g/mol. The van der Waals surface area contributed by atoms with Crippen LogP contribution < -0.4 is 10.6 Å². The van der Waals surface area contributed by atoms with Gasteiger partial charge in [-0.15, -0.1) is 0 Å². The lowest BCUT2D eigenvalue weighted by atomic mass is 10.0. The van der Waals surface area contributed by atoms with Crippen LogP contribution in [0.1, 0.15) is 30.6 Å². The Hall–Kier alpha value is -2.40. The highest BCUT2D eigenvalue weighted by Gasteiger charge is 2.22. The summed E-state index contributed by atoms with van der Waals surface area (Å²) in [6.07, 6.45) is 0.479. The van der Waals surface area contributed by atoms with Gasteiger partial charge in [0, 0.05) is 16.3 Å². The second-order valence-corrected chi connectivity index (χ2v) is 6.60. The number of rotatable bonds is 6. The highest BCUT2D eigenvalue weighted by Crippen LogP contribution is 2.13. The van der Waals surface area contributed by atoms with Gasteiger partial charge >= 0.3 is 0 Å². The molecule has 0 heterocycles. The van der Waals surface area contributed by atoms with Gasteiger partial charge in [-0.3, -0.25) is 9.59 Å². The molecule has 0 aliphatic rings. The second kappa shape index (κ2) is 8.62. The molecule has 132 valence electrons. The normalized spacial score (nSPS) is 11.9. The first-order valence-corrected chi connectivity index (χ1v) is 8.36. The summed E-state index contributed by atoms with van der Waals surface area (Å²) in [6.45, 7) is 3.93. The zero-order valence-corrected chi connectivity index (χ0v) is 14.8. The third kappa shape index (κ3) is 5.87. The summed E-state index contributed by atoms with van der Waals surface area (Å²) < 4.78 is 13.0. The molecular weight excluding hydrogens is 343 g/mol. The van der Waals surface area contributed by atoms with Gasteiger partial charge in [0.15, 0.2) is 0 Å². The van der Waals surface area contributed by atoms with Crippen LogP contribution in [-0.4, -0.2) is 17.9 Å². The average Bonchev–Trinajstić information content (AvgIpc) is 2.56. The lowest BCUT2D eigenvalue weighted by Crippen LogP contribution is -2.44. The number of nitrogens with one attached hydrogen (secondary N) is 2. The second-order valence-electron chi connectivity index (χ2n) is 6.16. The third-order valence-electron chi connectivity index (χ3n) is 3.55. The van der Waals surface area contributed by atoms with E-state index in [1.165, 1.54) is 24.3 Å². The van der Waals surface area contributed by atoms with Gasteiger partial charge in [-0.05, 0) is 60.9 Å². The molecule has 2 N–H and O–H groups in total. The summed E-state index contributed by atoms with van der Waals surface area (Å²) >= 11 is 5.82. The van der Waals surface area contributed by atoms with E-state index in [2.05, 4.69) is 10.6 Å². The van der Waals surface area contributed by atoms with Crippen molar-refractivity contribution in [1.29, 1.82) is 0 Å². The Morgan fingerprint density at radius 3 is 2.20 bits per heavy atom. The Kier molecular flexibility index (Phi) is 6.53. The molecule has 0 saturated heterocycles. The van der Waals surface area contributed by atoms with Crippen molar-refractivity contribution in [2.45, 2.75) is 26.3 Å². The molecule has 0 bridgehead atoms. The molecule has 2 amide bonds. The van der Waals surface area contributed by atoms with Crippen LogP contribution in [0.3, 0.4) is 0 Å². The summed E-state index contributed by atoms with van der Waals surface area (Å²) in [4.78, 5) is 24.9. The first-order chi connectivity index (χ1) is 11.8. The van der Waals surface area contributed by atoms with E-state index in [-0.39, 0.29) is 23.5 Å². The molecule has 2 aromatic carbocycles. The number of benzene rings is 2. The van der Waals surface area contributed by atoms with Gasteiger partial charge < -0.3 is 10.6 Å². The summed E-state index contributed by atoms with van der Waals surface area (Å²) in [7, 11) is 0. The molecule has 4 nitrogen and oxygen atoms in total. The van der Waals surface area contributed by atoms with Crippen molar-refractivity contribution in [3.8, 4) is 0 Å². The zero-order valence-electron chi connectivity index (χ0n) is 14.1. The fraction of sp³-hybridized carbons (Fsp3) is 0.263. The maximum atomic E-state index is 13.0. The van der Waals surface area contributed by atoms with Gasteiger partial charge in [0.05, 0.1) is 0 Å². The van der Waals surface area contributed by atoms with Gasteiger partial charge in [-0.25, -0.2) is 4.39 Å². The molecular formula is C19H20ClFN2O2. The lowest BCUT2D eigenvalue weighted by Gasteiger charge is -2.20. The maximum absolute atomic E-state index is 13.0. The highest BCUT2D eigenvalue weighted by molar-refractivity contribution is 6.30. The number of hydrogen-bond donors (Lipinski definition) is 2. The van der Waals surface area contributed by atoms with E-state index in [9.17, 15) is 14.0 Å². The van der Waals surface area contributed by atoms with Crippen LogP contribution in [0.5, 0.6) is 0 Å². The number of anilines is 1. The monoisotopic (exact) mass is 362 g/mol. The minimum Gasteiger partial charge on any atom is -0.340 e. The van der Waals surface area contributed by atoms with Crippen LogP contribution in [0.4, 0.5) is 10.1 Å². The molecule has 0 radical (unpaired) electrons. The van der Waals surface area contributed by atoms with Crippen molar-refractivity contribution in [1.82, 2.24) is 5.32 Å². The van der Waals surface area contributed by atoms with E-state index in [1.54, 1.807) is 24.3 Å². The van der Waals surface area contributed by atoms with Gasteiger partial charge in [0.1, 0.15) is 11.9 Å². The smallest absolute Gasteiger partial charge is 0.251 e. The molecule has 0 aromatic heterocycles. The lowest BCUT2D eigenvalue weighted by molar-refractivity contribution is -0.118. The summed E-state index contributed by atoms with van der Waals surface area (Å²) in [5, 5.41) is 5.98. The molecule has 2 rings (SSSR count). The van der Waals surface area contributed by atoms with Crippen LogP contribution in [0.2, 0.25) is 5.02 Å². The van der Waals surface area contributed by atoms with Gasteiger partial charge in [-0.2, -0.15) is 0 Å². The molecule has 2 aromatic rings. The maximum Gasteiger partial charge on any atom is 0.251 e. The number of hydrogen-bond acceptors (Lipinski definition) is 2. The topological polar surface area (TPSA) is 58.2 Å². The molecule has 0 unspecified atom stereocenters. The van der Waals surface area contributed by atoms with Crippen molar-refractivity contribution in [2.75, 3.05) is 5.32 Å². The molecule has 25 heavy (non-hydrogen) atoms. The van der Waals surface area contributed by atoms with Crippen LogP contribution in [0.25, 0.3) is 0 Å². The molecule has 1 atom stereocenters. The van der Waals surface area contributed by atoms with Crippen LogP contribution in [0, 0.1) is 11.7 Å². The summed E-state index contributed by atoms with van der Waals surface area (Å²) in [5.74, 6) is -0.874. The van der Waals surface area contributed by atoms with E-state index in [1.807, 2.05) is 13.8 Å². The Morgan fingerprint density at radius 1 is 1.04 bits per heavy atom. The van der Waals surface area contributed by atoms with Crippen molar-refractivity contribution in [3.63, 3.8) is 0 Å². The van der Waals surface area contributed by atoms with Gasteiger partial charge in [0.25, 0.3) is 5.91 Å². The predicted octanol–water partition coefficient (Wildman–Crippen LogP) is 4.26. The molecule has 0 aliphatic carbocycles. The standard InChI is InChI=1S/C19H20ClFN2O2/c1-12(2)11-17(19(25)22-16-9-7-15(21)8-10-16)23-18(24)13-3-5-14(20)6-4-13/h3-10,12,17H,11H2,1-2H3,(H,22,25)(H,23,24)/t17-/m0/s1. The minimum atomic E-state index is -0.701. The fourth-order valence-electron chi connectivity index (χ4n) is 2.31. The van der Waals surface area contributed by atoms with Gasteiger partial charge in [0.2, 0.25) is 5.91 Å². The first kappa shape index (κ1) is 18.9. The fourth-order valence-corrected chi connectivity index (χ4v) is 2.43. The Balaban J connectivity index is 2.08. The summed E-state index contributed by atoms with van der Waals surface area (Å²) in [6, 6.07) is 11.2. The quantitative estimate of drug-likeness (QED) is 0.806. The number of amides is 2. The van der Waals surface area contributed by atoms with Crippen molar-refractivity contribution in [2.24, 2.45) is 5.92 Å². The van der Waals surface area contributed by atoms with Crippen molar-refractivity contribution in [3.05, 3.63) is 64.9 Å². The van der Waals surface area contributed by atoms with Crippen LogP contribution in [0.15, 0.2) is 48.5 Å². The SMILES string of the molecule is CC(C)C[C@H](NC(=O)c1ccc(Cl)cc1)C(=O)Nc1ccc(F)cc1.